The first-order valence-electron chi connectivity index (χ1n) is 4.04. The number of H-pyrrole nitrogens is 1. The van der Waals surface area contributed by atoms with Crippen molar-refractivity contribution in [3.8, 4) is 11.4 Å². The van der Waals surface area contributed by atoms with Crippen LogP contribution in [0.2, 0.25) is 5.02 Å². The average molecular weight is 210 g/mol. The Hall–Kier alpha value is -1.46. The van der Waals surface area contributed by atoms with E-state index < -0.39 is 0 Å². The predicted octanol–water partition coefficient (Wildman–Crippen LogP) is 0.979. The summed E-state index contributed by atoms with van der Waals surface area (Å²) in [6, 6.07) is 5.52. The van der Waals surface area contributed by atoms with E-state index >= 15 is 0 Å². The molecule has 5 nitrogen and oxygen atoms in total. The van der Waals surface area contributed by atoms with Gasteiger partial charge in [-0.1, -0.05) is 23.7 Å². The topological polar surface area (TPSA) is 80.5 Å². The predicted molar refractivity (Wildman–Crippen MR) is 52.5 cm³/mol. The van der Waals surface area contributed by atoms with E-state index in [1.807, 2.05) is 12.1 Å². The van der Waals surface area contributed by atoms with Gasteiger partial charge in [0.05, 0.1) is 0 Å². The number of hydrogen-bond acceptors (Lipinski definition) is 4. The fraction of sp³-hybridized carbons (Fsp3) is 0.125. The zero-order valence-corrected chi connectivity index (χ0v) is 7.99. The molecule has 0 amide bonds. The summed E-state index contributed by atoms with van der Waals surface area (Å²) in [6.07, 6.45) is 0. The van der Waals surface area contributed by atoms with Crippen LogP contribution in [0.5, 0.6) is 0 Å². The van der Waals surface area contributed by atoms with Crippen LogP contribution in [0.1, 0.15) is 5.56 Å². The van der Waals surface area contributed by atoms with E-state index in [4.69, 9.17) is 17.3 Å². The van der Waals surface area contributed by atoms with Gasteiger partial charge in [0, 0.05) is 17.1 Å². The van der Waals surface area contributed by atoms with Gasteiger partial charge in [0.1, 0.15) is 0 Å². The minimum absolute atomic E-state index is 0.424. The monoisotopic (exact) mass is 209 g/mol. The van der Waals surface area contributed by atoms with Gasteiger partial charge in [-0.2, -0.15) is 0 Å². The number of benzene rings is 1. The lowest BCUT2D eigenvalue weighted by Crippen LogP contribution is -1.97. The Bertz CT molecular complexity index is 425. The van der Waals surface area contributed by atoms with Crippen LogP contribution < -0.4 is 5.73 Å². The van der Waals surface area contributed by atoms with E-state index in [0.29, 0.717) is 17.4 Å². The summed E-state index contributed by atoms with van der Waals surface area (Å²) in [5.41, 5.74) is 7.24. The molecule has 1 aromatic carbocycles. The molecule has 3 N–H and O–H groups in total. The molecule has 0 saturated heterocycles. The van der Waals surface area contributed by atoms with Crippen LogP contribution in [-0.2, 0) is 6.54 Å². The molecule has 0 fully saturated rings. The third kappa shape index (κ3) is 1.59. The second kappa shape index (κ2) is 3.73. The molecule has 72 valence electrons. The van der Waals surface area contributed by atoms with E-state index in [1.54, 1.807) is 6.07 Å². The number of nitrogens with one attached hydrogen (secondary N) is 1. The zero-order valence-electron chi connectivity index (χ0n) is 7.24. The summed E-state index contributed by atoms with van der Waals surface area (Å²) < 4.78 is 0. The molecule has 0 spiro atoms. The minimum Gasteiger partial charge on any atom is -0.326 e. The number of nitrogens with two attached hydrogens (primary N) is 1. The lowest BCUT2D eigenvalue weighted by atomic mass is 10.1. The van der Waals surface area contributed by atoms with Crippen LogP contribution in [0, 0.1) is 0 Å². The van der Waals surface area contributed by atoms with Crippen molar-refractivity contribution >= 4 is 11.6 Å². The van der Waals surface area contributed by atoms with Crippen LogP contribution in [-0.4, -0.2) is 20.6 Å². The number of nitrogens with zero attached hydrogens (tertiary/aromatic N) is 3. The molecule has 14 heavy (non-hydrogen) atoms. The Kier molecular flexibility index (Phi) is 2.43. The van der Waals surface area contributed by atoms with E-state index in [-0.39, 0.29) is 0 Å². The average Bonchev–Trinajstić information content (AvgIpc) is 2.70. The van der Waals surface area contributed by atoms with E-state index in [2.05, 4.69) is 20.6 Å². The van der Waals surface area contributed by atoms with Crippen LogP contribution >= 0.6 is 11.6 Å². The maximum absolute atomic E-state index is 5.98. The summed E-state index contributed by atoms with van der Waals surface area (Å²) in [6.45, 7) is 0.424. The molecule has 6 heteroatoms. The lowest BCUT2D eigenvalue weighted by Gasteiger charge is -2.01. The summed E-state index contributed by atoms with van der Waals surface area (Å²) in [7, 11) is 0. The van der Waals surface area contributed by atoms with Crippen LogP contribution in [0.3, 0.4) is 0 Å². The van der Waals surface area contributed by atoms with Gasteiger partial charge in [-0.25, -0.2) is 5.10 Å². The Balaban J connectivity index is 2.43. The highest BCUT2D eigenvalue weighted by molar-refractivity contribution is 6.31. The molecule has 0 aliphatic heterocycles. The van der Waals surface area contributed by atoms with Crippen molar-refractivity contribution in [2.45, 2.75) is 6.54 Å². The van der Waals surface area contributed by atoms with Crippen LogP contribution in [0.15, 0.2) is 18.2 Å². The standard InChI is InChI=1S/C8H8ClN5/c9-7-3-5(1-2-6(7)4-10)8-11-13-14-12-8/h1-3H,4,10H2,(H,11,12,13,14). The SMILES string of the molecule is NCc1ccc(-c2nnn[nH]2)cc1Cl. The Labute approximate surface area is 85.3 Å². The molecular formula is C8H8ClN5. The minimum atomic E-state index is 0.424. The van der Waals surface area contributed by atoms with Gasteiger partial charge in [0.25, 0.3) is 0 Å². The molecule has 2 rings (SSSR count). The summed E-state index contributed by atoms with van der Waals surface area (Å²) in [4.78, 5) is 0. The fourth-order valence-electron chi connectivity index (χ4n) is 1.14. The first-order chi connectivity index (χ1) is 6.81. The number of aromatic nitrogens is 4. The molecule has 1 aromatic heterocycles. The fourth-order valence-corrected chi connectivity index (χ4v) is 1.40. The molecule has 0 bridgehead atoms. The highest BCUT2D eigenvalue weighted by Crippen LogP contribution is 2.22. The second-order valence-corrected chi connectivity index (χ2v) is 3.17. The molecular weight excluding hydrogens is 202 g/mol. The van der Waals surface area contributed by atoms with Gasteiger partial charge in [-0.3, -0.25) is 0 Å². The van der Waals surface area contributed by atoms with Crippen molar-refractivity contribution in [1.82, 2.24) is 20.6 Å². The summed E-state index contributed by atoms with van der Waals surface area (Å²) in [5.74, 6) is 0.593. The van der Waals surface area contributed by atoms with Gasteiger partial charge in [0.2, 0.25) is 0 Å². The van der Waals surface area contributed by atoms with Crippen molar-refractivity contribution in [2.24, 2.45) is 5.73 Å². The van der Waals surface area contributed by atoms with Gasteiger partial charge >= 0.3 is 0 Å². The number of tetrazole rings is 1. The first kappa shape index (κ1) is 9.11. The summed E-state index contributed by atoms with van der Waals surface area (Å²) >= 11 is 5.98. The number of hydrogen-bond donors (Lipinski definition) is 2. The number of halogens is 1. The largest absolute Gasteiger partial charge is 0.326 e. The Morgan fingerprint density at radius 2 is 2.29 bits per heavy atom. The third-order valence-electron chi connectivity index (χ3n) is 1.89. The molecule has 0 aliphatic carbocycles. The normalized spacial score (nSPS) is 10.4. The quantitative estimate of drug-likeness (QED) is 0.773. The molecule has 0 atom stereocenters. The van der Waals surface area contributed by atoms with Gasteiger partial charge in [0.15, 0.2) is 5.82 Å². The van der Waals surface area contributed by atoms with Crippen LogP contribution in [0.25, 0.3) is 11.4 Å². The molecule has 0 radical (unpaired) electrons. The maximum Gasteiger partial charge on any atom is 0.179 e. The Morgan fingerprint density at radius 3 is 2.86 bits per heavy atom. The molecule has 0 saturated carbocycles. The number of rotatable bonds is 2. The first-order valence-corrected chi connectivity index (χ1v) is 4.41. The third-order valence-corrected chi connectivity index (χ3v) is 2.24. The molecule has 2 aromatic rings. The van der Waals surface area contributed by atoms with Crippen molar-refractivity contribution in [1.29, 1.82) is 0 Å². The van der Waals surface area contributed by atoms with Crippen molar-refractivity contribution in [3.63, 3.8) is 0 Å². The summed E-state index contributed by atoms with van der Waals surface area (Å²) in [5, 5.41) is 14.0. The second-order valence-electron chi connectivity index (χ2n) is 2.76. The maximum atomic E-state index is 5.98. The zero-order chi connectivity index (χ0) is 9.97. The van der Waals surface area contributed by atoms with E-state index in [0.717, 1.165) is 11.1 Å². The lowest BCUT2D eigenvalue weighted by molar-refractivity contribution is 0.881. The van der Waals surface area contributed by atoms with Crippen LogP contribution in [0.4, 0.5) is 0 Å². The highest BCUT2D eigenvalue weighted by Gasteiger charge is 2.04. The van der Waals surface area contributed by atoms with Crippen molar-refractivity contribution < 1.29 is 0 Å². The van der Waals surface area contributed by atoms with E-state index in [1.165, 1.54) is 0 Å². The van der Waals surface area contributed by atoms with Crippen molar-refractivity contribution in [2.75, 3.05) is 0 Å². The van der Waals surface area contributed by atoms with Gasteiger partial charge in [-0.15, -0.1) is 5.10 Å². The molecule has 1 heterocycles. The highest BCUT2D eigenvalue weighted by atomic mass is 35.5. The van der Waals surface area contributed by atoms with Gasteiger partial charge in [-0.05, 0) is 22.1 Å². The van der Waals surface area contributed by atoms with Gasteiger partial charge < -0.3 is 5.73 Å². The molecule has 0 unspecified atom stereocenters. The molecule has 0 aliphatic rings. The van der Waals surface area contributed by atoms with Crippen molar-refractivity contribution in [3.05, 3.63) is 28.8 Å². The van der Waals surface area contributed by atoms with E-state index in [9.17, 15) is 0 Å². The Morgan fingerprint density at radius 1 is 1.43 bits per heavy atom. The number of aromatic amines is 1. The smallest absolute Gasteiger partial charge is 0.179 e.